The number of hydrogen-bond acceptors (Lipinski definition) is 3. The highest BCUT2D eigenvalue weighted by molar-refractivity contribution is 5.14. The summed E-state index contributed by atoms with van der Waals surface area (Å²) in [5, 5.41) is 3.45. The highest BCUT2D eigenvalue weighted by Gasteiger charge is 2.22. The molecule has 0 amide bonds. The van der Waals surface area contributed by atoms with Gasteiger partial charge in [0.1, 0.15) is 5.76 Å². The molecule has 0 spiro atoms. The number of ether oxygens (including phenoxy) is 1. The van der Waals surface area contributed by atoms with Gasteiger partial charge in [0.15, 0.2) is 0 Å². The maximum Gasteiger partial charge on any atom is 0.120 e. The van der Waals surface area contributed by atoms with Crippen molar-refractivity contribution in [3.8, 4) is 0 Å². The van der Waals surface area contributed by atoms with Crippen LogP contribution in [-0.2, 0) is 11.3 Å². The molecule has 84 valence electrons. The van der Waals surface area contributed by atoms with Crippen LogP contribution in [0.5, 0.6) is 0 Å². The molecule has 1 aromatic rings. The van der Waals surface area contributed by atoms with Crippen LogP contribution in [0.15, 0.2) is 16.7 Å². The van der Waals surface area contributed by atoms with Crippen molar-refractivity contribution in [1.29, 1.82) is 0 Å². The molecule has 0 radical (unpaired) electrons. The Balaban J connectivity index is 1.80. The molecule has 0 bridgehead atoms. The Morgan fingerprint density at radius 1 is 1.60 bits per heavy atom. The lowest BCUT2D eigenvalue weighted by atomic mass is 10.1. The van der Waals surface area contributed by atoms with E-state index in [-0.39, 0.29) is 0 Å². The lowest BCUT2D eigenvalue weighted by Gasteiger charge is -2.19. The van der Waals surface area contributed by atoms with E-state index in [2.05, 4.69) is 19.2 Å². The lowest BCUT2D eigenvalue weighted by Crippen LogP contribution is -2.36. The molecule has 1 N–H and O–H groups in total. The zero-order valence-corrected chi connectivity index (χ0v) is 9.45. The van der Waals surface area contributed by atoms with Crippen molar-refractivity contribution in [1.82, 2.24) is 5.32 Å². The van der Waals surface area contributed by atoms with E-state index in [9.17, 15) is 0 Å². The van der Waals surface area contributed by atoms with Crippen molar-refractivity contribution in [2.45, 2.75) is 45.4 Å². The average molecular weight is 209 g/mol. The Morgan fingerprint density at radius 3 is 3.07 bits per heavy atom. The second kappa shape index (κ2) is 4.81. The van der Waals surface area contributed by atoms with Gasteiger partial charge in [-0.05, 0) is 38.3 Å². The molecule has 2 rings (SSSR count). The first-order valence-electron chi connectivity index (χ1n) is 5.65. The number of furan rings is 1. The molecule has 2 atom stereocenters. The highest BCUT2D eigenvalue weighted by Crippen LogP contribution is 2.16. The van der Waals surface area contributed by atoms with Crippen molar-refractivity contribution >= 4 is 0 Å². The van der Waals surface area contributed by atoms with Crippen molar-refractivity contribution in [2.24, 2.45) is 0 Å². The first-order valence-corrected chi connectivity index (χ1v) is 5.65. The molecular formula is C12H19NO2. The van der Waals surface area contributed by atoms with E-state index >= 15 is 0 Å². The van der Waals surface area contributed by atoms with Crippen LogP contribution in [0.3, 0.4) is 0 Å². The summed E-state index contributed by atoms with van der Waals surface area (Å²) < 4.78 is 11.0. The summed E-state index contributed by atoms with van der Waals surface area (Å²) in [4.78, 5) is 0. The van der Waals surface area contributed by atoms with E-state index in [0.717, 1.165) is 18.9 Å². The maximum absolute atomic E-state index is 5.62. The number of hydrogen-bond donors (Lipinski definition) is 1. The summed E-state index contributed by atoms with van der Waals surface area (Å²) in [7, 11) is 0. The van der Waals surface area contributed by atoms with Gasteiger partial charge in [-0.15, -0.1) is 0 Å². The summed E-state index contributed by atoms with van der Waals surface area (Å²) in [6.07, 6.45) is 4.48. The Hall–Kier alpha value is -0.800. The van der Waals surface area contributed by atoms with Gasteiger partial charge in [-0.1, -0.05) is 0 Å². The third kappa shape index (κ3) is 2.61. The quantitative estimate of drug-likeness (QED) is 0.826. The Kier molecular flexibility index (Phi) is 3.44. The molecule has 1 fully saturated rings. The summed E-state index contributed by atoms with van der Waals surface area (Å²) in [6.45, 7) is 5.95. The fraction of sp³-hybridized carbons (Fsp3) is 0.667. The lowest BCUT2D eigenvalue weighted by molar-refractivity contribution is 0.0825. The predicted octanol–water partition coefficient (Wildman–Crippen LogP) is 2.25. The van der Waals surface area contributed by atoms with Gasteiger partial charge in [-0.25, -0.2) is 0 Å². The first kappa shape index (κ1) is 10.7. The third-order valence-corrected chi connectivity index (χ3v) is 3.08. The second-order valence-corrected chi connectivity index (χ2v) is 4.25. The zero-order chi connectivity index (χ0) is 10.7. The van der Waals surface area contributed by atoms with Gasteiger partial charge in [-0.2, -0.15) is 0 Å². The van der Waals surface area contributed by atoms with Gasteiger partial charge >= 0.3 is 0 Å². The van der Waals surface area contributed by atoms with E-state index in [0.29, 0.717) is 12.1 Å². The molecule has 3 nitrogen and oxygen atoms in total. The van der Waals surface area contributed by atoms with Gasteiger partial charge in [0.05, 0.1) is 18.9 Å². The summed E-state index contributed by atoms with van der Waals surface area (Å²) in [6, 6.07) is 2.39. The molecule has 0 aliphatic carbocycles. The predicted molar refractivity (Wildman–Crippen MR) is 58.7 cm³/mol. The summed E-state index contributed by atoms with van der Waals surface area (Å²) in [5.41, 5.74) is 1.21. The van der Waals surface area contributed by atoms with Gasteiger partial charge in [0.25, 0.3) is 0 Å². The number of rotatable bonds is 4. The molecule has 1 aromatic heterocycles. The van der Waals surface area contributed by atoms with Crippen LogP contribution in [0.25, 0.3) is 0 Å². The van der Waals surface area contributed by atoms with Crippen LogP contribution >= 0.6 is 0 Å². The molecule has 15 heavy (non-hydrogen) atoms. The number of nitrogens with one attached hydrogen (secondary N) is 1. The van der Waals surface area contributed by atoms with Gasteiger partial charge in [0.2, 0.25) is 0 Å². The van der Waals surface area contributed by atoms with Gasteiger partial charge in [-0.3, -0.25) is 0 Å². The minimum atomic E-state index is 0.375. The molecular weight excluding hydrogens is 190 g/mol. The minimum Gasteiger partial charge on any atom is -0.468 e. The molecule has 1 aliphatic heterocycles. The fourth-order valence-corrected chi connectivity index (χ4v) is 1.97. The van der Waals surface area contributed by atoms with Gasteiger partial charge < -0.3 is 14.5 Å². The van der Waals surface area contributed by atoms with Crippen molar-refractivity contribution in [2.75, 3.05) is 6.61 Å². The van der Waals surface area contributed by atoms with E-state index < -0.39 is 0 Å². The maximum atomic E-state index is 5.62. The van der Waals surface area contributed by atoms with Gasteiger partial charge in [0, 0.05) is 12.6 Å². The minimum absolute atomic E-state index is 0.375. The van der Waals surface area contributed by atoms with E-state index in [1.165, 1.54) is 18.4 Å². The topological polar surface area (TPSA) is 34.4 Å². The van der Waals surface area contributed by atoms with E-state index in [1.54, 1.807) is 6.26 Å². The molecule has 2 unspecified atom stereocenters. The third-order valence-electron chi connectivity index (χ3n) is 3.08. The Labute approximate surface area is 90.8 Å². The first-order chi connectivity index (χ1) is 7.27. The van der Waals surface area contributed by atoms with Crippen LogP contribution < -0.4 is 5.32 Å². The monoisotopic (exact) mass is 209 g/mol. The second-order valence-electron chi connectivity index (χ2n) is 4.25. The molecule has 1 saturated heterocycles. The van der Waals surface area contributed by atoms with Crippen LogP contribution in [0.4, 0.5) is 0 Å². The average Bonchev–Trinajstić information content (AvgIpc) is 2.85. The Bertz CT molecular complexity index is 302. The molecule has 0 saturated carbocycles. The van der Waals surface area contributed by atoms with Crippen LogP contribution in [0, 0.1) is 6.92 Å². The SMILES string of the molecule is Cc1ccoc1CNC(C)C1CCCO1. The van der Waals surface area contributed by atoms with Crippen LogP contribution in [-0.4, -0.2) is 18.8 Å². The summed E-state index contributed by atoms with van der Waals surface area (Å²) >= 11 is 0. The fourth-order valence-electron chi connectivity index (χ4n) is 1.97. The molecule has 2 heterocycles. The standard InChI is InChI=1S/C12H19NO2/c1-9-5-7-15-12(9)8-13-10(2)11-4-3-6-14-11/h5,7,10-11,13H,3-4,6,8H2,1-2H3. The van der Waals surface area contributed by atoms with E-state index in [1.807, 2.05) is 6.07 Å². The van der Waals surface area contributed by atoms with Crippen LogP contribution in [0.2, 0.25) is 0 Å². The number of aryl methyl sites for hydroxylation is 1. The Morgan fingerprint density at radius 2 is 2.47 bits per heavy atom. The molecule has 1 aliphatic rings. The van der Waals surface area contributed by atoms with Crippen molar-refractivity contribution in [3.63, 3.8) is 0 Å². The largest absolute Gasteiger partial charge is 0.468 e. The van der Waals surface area contributed by atoms with E-state index in [4.69, 9.17) is 9.15 Å². The summed E-state index contributed by atoms with van der Waals surface area (Å²) in [5.74, 6) is 1.03. The molecule has 3 heteroatoms. The molecule has 0 aromatic carbocycles. The smallest absolute Gasteiger partial charge is 0.120 e. The van der Waals surface area contributed by atoms with Crippen LogP contribution in [0.1, 0.15) is 31.1 Å². The van der Waals surface area contributed by atoms with Crippen molar-refractivity contribution in [3.05, 3.63) is 23.7 Å². The normalized spacial score (nSPS) is 23.2. The van der Waals surface area contributed by atoms with Crippen molar-refractivity contribution < 1.29 is 9.15 Å². The highest BCUT2D eigenvalue weighted by atomic mass is 16.5. The zero-order valence-electron chi connectivity index (χ0n) is 9.45.